The Balaban J connectivity index is 2.40. The molecule has 1 N–H and O–H groups in total. The van der Waals surface area contributed by atoms with E-state index in [-0.39, 0.29) is 5.56 Å². The zero-order chi connectivity index (χ0) is 12.4. The average molecular weight is 270 g/mol. The highest BCUT2D eigenvalue weighted by atomic mass is 35.5. The fraction of sp³-hybridized carbons (Fsp3) is 0.0909. The van der Waals surface area contributed by atoms with Crippen LogP contribution in [0.1, 0.15) is 15.9 Å². The van der Waals surface area contributed by atoms with Crippen LogP contribution in [0.5, 0.6) is 10.9 Å². The number of aryl methyl sites for hydroxylation is 1. The van der Waals surface area contributed by atoms with Crippen LogP contribution in [-0.2, 0) is 0 Å². The molecule has 2 rings (SSSR count). The summed E-state index contributed by atoms with van der Waals surface area (Å²) in [6, 6.07) is 4.93. The van der Waals surface area contributed by atoms with Crippen molar-refractivity contribution in [2.75, 3.05) is 0 Å². The third-order valence-corrected chi connectivity index (χ3v) is 3.13. The summed E-state index contributed by atoms with van der Waals surface area (Å²) in [7, 11) is 0. The smallest absolute Gasteiger partial charge is 0.339 e. The normalized spacial score (nSPS) is 10.2. The van der Waals surface area contributed by atoms with Gasteiger partial charge in [-0.15, -0.1) is 0 Å². The molecule has 0 atom stereocenters. The van der Waals surface area contributed by atoms with Gasteiger partial charge in [0.2, 0.25) is 0 Å². The molecule has 4 nitrogen and oxygen atoms in total. The molecule has 1 aromatic carbocycles. The molecule has 0 fully saturated rings. The first kappa shape index (κ1) is 11.9. The minimum absolute atomic E-state index is 0.108. The Kier molecular flexibility index (Phi) is 3.31. The van der Waals surface area contributed by atoms with Gasteiger partial charge in [0.15, 0.2) is 0 Å². The first-order valence-corrected chi connectivity index (χ1v) is 5.95. The van der Waals surface area contributed by atoms with Crippen LogP contribution >= 0.6 is 22.9 Å². The summed E-state index contributed by atoms with van der Waals surface area (Å²) in [5.74, 6) is -0.739. The van der Waals surface area contributed by atoms with E-state index in [1.54, 1.807) is 24.4 Å². The number of carboxylic acids is 1. The van der Waals surface area contributed by atoms with Gasteiger partial charge < -0.3 is 9.84 Å². The van der Waals surface area contributed by atoms with Crippen molar-refractivity contribution in [3.63, 3.8) is 0 Å². The molecule has 0 saturated heterocycles. The number of aromatic carboxylic acids is 1. The van der Waals surface area contributed by atoms with Crippen molar-refractivity contribution in [3.8, 4) is 10.9 Å². The maximum Gasteiger partial charge on any atom is 0.339 e. The zero-order valence-electron chi connectivity index (χ0n) is 8.81. The summed E-state index contributed by atoms with van der Waals surface area (Å²) in [5.41, 5.74) is 0.840. The van der Waals surface area contributed by atoms with Crippen LogP contribution in [0.2, 0.25) is 5.15 Å². The monoisotopic (exact) mass is 269 g/mol. The molecular weight excluding hydrogens is 262 g/mol. The van der Waals surface area contributed by atoms with E-state index >= 15 is 0 Å². The molecule has 6 heteroatoms. The summed E-state index contributed by atoms with van der Waals surface area (Å²) in [4.78, 5) is 15.0. The van der Waals surface area contributed by atoms with Crippen molar-refractivity contribution < 1.29 is 14.6 Å². The fourth-order valence-corrected chi connectivity index (χ4v) is 2.12. The molecule has 0 radical (unpaired) electrons. The van der Waals surface area contributed by atoms with Crippen molar-refractivity contribution >= 4 is 28.9 Å². The number of hydrogen-bond acceptors (Lipinski definition) is 4. The second kappa shape index (κ2) is 4.73. The zero-order valence-corrected chi connectivity index (χ0v) is 10.4. The number of carbonyl (C=O) groups is 1. The number of ether oxygens (including phenoxy) is 1. The van der Waals surface area contributed by atoms with E-state index in [4.69, 9.17) is 21.4 Å². The number of carboxylic acid groups (broad SMARTS) is 1. The fourth-order valence-electron chi connectivity index (χ4n) is 1.33. The lowest BCUT2D eigenvalue weighted by Gasteiger charge is -2.08. The number of rotatable bonds is 3. The van der Waals surface area contributed by atoms with Crippen molar-refractivity contribution in [1.29, 1.82) is 0 Å². The third-order valence-electron chi connectivity index (χ3n) is 2.09. The Morgan fingerprint density at radius 1 is 1.53 bits per heavy atom. The average Bonchev–Trinajstić information content (AvgIpc) is 2.67. The van der Waals surface area contributed by atoms with Gasteiger partial charge in [-0.05, 0) is 18.6 Å². The van der Waals surface area contributed by atoms with E-state index in [0.717, 1.165) is 5.56 Å². The lowest BCUT2D eigenvalue weighted by molar-refractivity contribution is 0.0694. The van der Waals surface area contributed by atoms with Gasteiger partial charge in [-0.1, -0.05) is 35.1 Å². The Bertz CT molecular complexity index is 568. The molecule has 17 heavy (non-hydrogen) atoms. The van der Waals surface area contributed by atoms with E-state index in [0.29, 0.717) is 16.1 Å². The number of thiazole rings is 1. The van der Waals surface area contributed by atoms with Gasteiger partial charge >= 0.3 is 5.97 Å². The lowest BCUT2D eigenvalue weighted by atomic mass is 10.1. The highest BCUT2D eigenvalue weighted by Crippen LogP contribution is 2.31. The molecule has 0 unspecified atom stereocenters. The molecule has 0 amide bonds. The summed E-state index contributed by atoms with van der Waals surface area (Å²) < 4.78 is 5.46. The number of benzene rings is 1. The molecule has 0 aliphatic carbocycles. The van der Waals surface area contributed by atoms with Crippen LogP contribution in [0.15, 0.2) is 23.6 Å². The summed E-state index contributed by atoms with van der Waals surface area (Å²) >= 11 is 6.89. The molecule has 0 bridgehead atoms. The van der Waals surface area contributed by atoms with Crippen molar-refractivity contribution in [3.05, 3.63) is 39.9 Å². The highest BCUT2D eigenvalue weighted by Gasteiger charge is 2.15. The SMILES string of the molecule is Cc1cccc(C(=O)O)c1Oc1nc(Cl)cs1. The molecule has 0 aliphatic rings. The molecule has 2 aromatic rings. The molecular formula is C11H8ClNO3S. The van der Waals surface area contributed by atoms with Gasteiger partial charge in [-0.3, -0.25) is 0 Å². The number of nitrogens with zero attached hydrogens (tertiary/aromatic N) is 1. The van der Waals surface area contributed by atoms with Crippen LogP contribution in [0.4, 0.5) is 0 Å². The predicted molar refractivity (Wildman–Crippen MR) is 65.3 cm³/mol. The van der Waals surface area contributed by atoms with Crippen molar-refractivity contribution in [2.45, 2.75) is 6.92 Å². The first-order chi connectivity index (χ1) is 8.08. The van der Waals surface area contributed by atoms with Crippen LogP contribution < -0.4 is 4.74 Å². The number of aromatic nitrogens is 1. The molecule has 0 saturated carbocycles. The topological polar surface area (TPSA) is 59.4 Å². The van der Waals surface area contributed by atoms with Gasteiger partial charge in [0.1, 0.15) is 16.5 Å². The molecule has 0 aliphatic heterocycles. The van der Waals surface area contributed by atoms with E-state index in [9.17, 15) is 4.79 Å². The Hall–Kier alpha value is -1.59. The van der Waals surface area contributed by atoms with Gasteiger partial charge in [-0.2, -0.15) is 4.98 Å². The minimum atomic E-state index is -1.04. The molecule has 1 aromatic heterocycles. The van der Waals surface area contributed by atoms with E-state index in [1.165, 1.54) is 17.4 Å². The third kappa shape index (κ3) is 2.57. The molecule has 0 spiro atoms. The second-order valence-corrected chi connectivity index (χ2v) is 4.50. The Labute approximate surface area is 106 Å². The summed E-state index contributed by atoms with van der Waals surface area (Å²) in [6.45, 7) is 1.77. The van der Waals surface area contributed by atoms with Gasteiger partial charge in [0.05, 0.1) is 0 Å². The van der Waals surface area contributed by atoms with Gasteiger partial charge in [-0.25, -0.2) is 4.79 Å². The number of halogens is 1. The van der Waals surface area contributed by atoms with Crippen LogP contribution in [0, 0.1) is 6.92 Å². The van der Waals surface area contributed by atoms with Crippen molar-refractivity contribution in [2.24, 2.45) is 0 Å². The van der Waals surface area contributed by atoms with Crippen molar-refractivity contribution in [1.82, 2.24) is 4.98 Å². The lowest BCUT2D eigenvalue weighted by Crippen LogP contribution is -2.01. The standard InChI is InChI=1S/C11H8ClNO3S/c1-6-3-2-4-7(10(14)15)9(6)16-11-13-8(12)5-17-11/h2-5H,1H3,(H,14,15). The number of para-hydroxylation sites is 1. The van der Waals surface area contributed by atoms with E-state index < -0.39 is 5.97 Å². The summed E-state index contributed by atoms with van der Waals surface area (Å²) in [5, 5.41) is 11.3. The van der Waals surface area contributed by atoms with Crippen LogP contribution in [0.25, 0.3) is 0 Å². The number of hydrogen-bond donors (Lipinski definition) is 1. The van der Waals surface area contributed by atoms with Crippen LogP contribution in [-0.4, -0.2) is 16.1 Å². The maximum absolute atomic E-state index is 11.0. The first-order valence-electron chi connectivity index (χ1n) is 4.69. The Morgan fingerprint density at radius 2 is 2.29 bits per heavy atom. The second-order valence-electron chi connectivity index (χ2n) is 3.29. The highest BCUT2D eigenvalue weighted by molar-refractivity contribution is 7.11. The van der Waals surface area contributed by atoms with Gasteiger partial charge in [0, 0.05) is 5.38 Å². The van der Waals surface area contributed by atoms with Gasteiger partial charge in [0.25, 0.3) is 5.19 Å². The van der Waals surface area contributed by atoms with E-state index in [1.807, 2.05) is 0 Å². The summed E-state index contributed by atoms with van der Waals surface area (Å²) in [6.07, 6.45) is 0. The predicted octanol–water partition coefficient (Wildman–Crippen LogP) is 3.60. The Morgan fingerprint density at radius 3 is 2.88 bits per heavy atom. The molecule has 88 valence electrons. The molecule has 1 heterocycles. The minimum Gasteiger partial charge on any atom is -0.478 e. The van der Waals surface area contributed by atoms with Crippen LogP contribution in [0.3, 0.4) is 0 Å². The quantitative estimate of drug-likeness (QED) is 0.925. The maximum atomic E-state index is 11.0. The van der Waals surface area contributed by atoms with E-state index in [2.05, 4.69) is 4.98 Å². The largest absolute Gasteiger partial charge is 0.478 e.